The second-order valence-corrected chi connectivity index (χ2v) is 8.75. The fourth-order valence-corrected chi connectivity index (χ4v) is 5.00. The van der Waals surface area contributed by atoms with Crippen molar-refractivity contribution in [2.24, 2.45) is 7.05 Å². The average molecular weight is 413 g/mol. The number of rotatable bonds is 6. The first-order chi connectivity index (χ1) is 14.0. The molecule has 0 saturated carbocycles. The van der Waals surface area contributed by atoms with Crippen molar-refractivity contribution in [1.29, 1.82) is 0 Å². The highest BCUT2D eigenvalue weighted by atomic mass is 32.1. The zero-order valence-electron chi connectivity index (χ0n) is 17.3. The van der Waals surface area contributed by atoms with E-state index in [2.05, 4.69) is 29.1 Å². The molecule has 3 heterocycles. The summed E-state index contributed by atoms with van der Waals surface area (Å²) in [6, 6.07) is 12.3. The number of fused-ring (bicyclic) bond motifs is 1. The van der Waals surface area contributed by atoms with E-state index in [0.717, 1.165) is 59.2 Å². The Hall–Kier alpha value is -2.22. The molecule has 0 N–H and O–H groups in total. The van der Waals surface area contributed by atoms with E-state index in [1.54, 1.807) is 0 Å². The summed E-state index contributed by atoms with van der Waals surface area (Å²) in [6.07, 6.45) is 0. The van der Waals surface area contributed by atoms with Gasteiger partial charge in [-0.3, -0.25) is 14.4 Å². The van der Waals surface area contributed by atoms with Crippen molar-refractivity contribution in [3.05, 3.63) is 52.5 Å². The molecule has 0 radical (unpaired) electrons. The van der Waals surface area contributed by atoms with Gasteiger partial charge in [-0.1, -0.05) is 30.3 Å². The highest BCUT2D eigenvalue weighted by Gasteiger charge is 2.26. The van der Waals surface area contributed by atoms with Gasteiger partial charge in [0.15, 0.2) is 0 Å². The molecule has 1 unspecified atom stereocenters. The normalized spacial score (nSPS) is 16.2. The quantitative estimate of drug-likeness (QED) is 0.623. The Kier molecular flexibility index (Phi) is 5.99. The average Bonchev–Trinajstić information content (AvgIpc) is 3.28. The van der Waals surface area contributed by atoms with E-state index in [1.165, 1.54) is 11.3 Å². The molecule has 4 rings (SSSR count). The Balaban J connectivity index is 1.60. The second kappa shape index (κ2) is 8.65. The molecule has 1 fully saturated rings. The van der Waals surface area contributed by atoms with Crippen molar-refractivity contribution in [3.8, 4) is 0 Å². The number of hydrogen-bond donors (Lipinski definition) is 0. The fourth-order valence-electron chi connectivity index (χ4n) is 3.92. The summed E-state index contributed by atoms with van der Waals surface area (Å²) in [5.41, 5.74) is 2.11. The highest BCUT2D eigenvalue weighted by Crippen LogP contribution is 2.29. The molecule has 6 nitrogen and oxygen atoms in total. The summed E-state index contributed by atoms with van der Waals surface area (Å²) in [5, 5.41) is 5.53. The fraction of sp³-hybridized carbons (Fsp3) is 0.455. The van der Waals surface area contributed by atoms with Crippen LogP contribution in [0.5, 0.6) is 0 Å². The minimum absolute atomic E-state index is 0.0928. The minimum atomic E-state index is 0.0928. The Morgan fingerprint density at radius 1 is 1.28 bits per heavy atom. The molecule has 0 aliphatic carbocycles. The van der Waals surface area contributed by atoms with E-state index in [-0.39, 0.29) is 11.9 Å². The molecule has 0 spiro atoms. The number of aryl methyl sites for hydroxylation is 2. The maximum Gasteiger partial charge on any atom is 0.264 e. The minimum Gasteiger partial charge on any atom is -0.379 e. The predicted octanol–water partition coefficient (Wildman–Crippen LogP) is 3.31. The first-order valence-corrected chi connectivity index (χ1v) is 10.9. The SMILES string of the molecule is Cc1nn(C)c2sc(C(=O)N(Cc3ccccc3)C(C)CN3CCOCC3)cc12. The van der Waals surface area contributed by atoms with E-state index in [9.17, 15) is 4.79 Å². The highest BCUT2D eigenvalue weighted by molar-refractivity contribution is 7.20. The van der Waals surface area contributed by atoms with Crippen molar-refractivity contribution in [2.45, 2.75) is 26.4 Å². The van der Waals surface area contributed by atoms with Gasteiger partial charge in [0.1, 0.15) is 4.83 Å². The summed E-state index contributed by atoms with van der Waals surface area (Å²) in [4.78, 5) is 19.8. The standard InChI is InChI=1S/C22H28N4O2S/c1-16(14-25-9-11-28-12-10-25)26(15-18-7-5-4-6-8-18)21(27)20-13-19-17(2)23-24(3)22(19)29-20/h4-8,13,16H,9-12,14-15H2,1-3H3. The molecule has 29 heavy (non-hydrogen) atoms. The molecular weight excluding hydrogens is 384 g/mol. The molecule has 0 bridgehead atoms. The molecule has 1 aliphatic rings. The number of thiophene rings is 1. The molecule has 1 aromatic carbocycles. The number of nitrogens with zero attached hydrogens (tertiary/aromatic N) is 4. The third kappa shape index (κ3) is 4.37. The third-order valence-electron chi connectivity index (χ3n) is 5.52. The van der Waals surface area contributed by atoms with Gasteiger partial charge in [0.05, 0.1) is 23.8 Å². The lowest BCUT2D eigenvalue weighted by Crippen LogP contribution is -2.47. The maximum atomic E-state index is 13.6. The van der Waals surface area contributed by atoms with Crippen LogP contribution in [-0.2, 0) is 18.3 Å². The van der Waals surface area contributed by atoms with Crippen LogP contribution in [-0.4, -0.2) is 64.4 Å². The van der Waals surface area contributed by atoms with Gasteiger partial charge in [0.25, 0.3) is 5.91 Å². The van der Waals surface area contributed by atoms with E-state index < -0.39 is 0 Å². The Morgan fingerprint density at radius 3 is 2.69 bits per heavy atom. The summed E-state index contributed by atoms with van der Waals surface area (Å²) >= 11 is 1.53. The van der Waals surface area contributed by atoms with Crippen LogP contribution in [0.3, 0.4) is 0 Å². The van der Waals surface area contributed by atoms with Gasteiger partial charge in [0, 0.05) is 44.7 Å². The number of amides is 1. The van der Waals surface area contributed by atoms with E-state index >= 15 is 0 Å². The largest absolute Gasteiger partial charge is 0.379 e. The van der Waals surface area contributed by atoms with Crippen LogP contribution in [0.2, 0.25) is 0 Å². The smallest absolute Gasteiger partial charge is 0.264 e. The molecule has 1 amide bonds. The maximum absolute atomic E-state index is 13.6. The molecule has 154 valence electrons. The van der Waals surface area contributed by atoms with Crippen LogP contribution in [0.1, 0.15) is 27.9 Å². The van der Waals surface area contributed by atoms with Crippen LogP contribution < -0.4 is 0 Å². The zero-order chi connectivity index (χ0) is 20.4. The molecule has 1 aliphatic heterocycles. The topological polar surface area (TPSA) is 50.6 Å². The Morgan fingerprint density at radius 2 is 2.00 bits per heavy atom. The van der Waals surface area contributed by atoms with E-state index in [4.69, 9.17) is 4.74 Å². The number of benzene rings is 1. The van der Waals surface area contributed by atoms with Crippen LogP contribution >= 0.6 is 11.3 Å². The second-order valence-electron chi connectivity index (χ2n) is 7.72. The summed E-state index contributed by atoms with van der Waals surface area (Å²) in [6.45, 7) is 8.98. The van der Waals surface area contributed by atoms with Crippen LogP contribution in [0.4, 0.5) is 0 Å². The summed E-state index contributed by atoms with van der Waals surface area (Å²) in [5.74, 6) is 0.0928. The number of morpholine rings is 1. The van der Waals surface area contributed by atoms with Gasteiger partial charge in [-0.05, 0) is 25.5 Å². The lowest BCUT2D eigenvalue weighted by molar-refractivity contribution is 0.0229. The zero-order valence-corrected chi connectivity index (χ0v) is 18.1. The van der Waals surface area contributed by atoms with E-state index in [1.807, 2.05) is 47.8 Å². The van der Waals surface area contributed by atoms with Crippen LogP contribution in [0.25, 0.3) is 10.2 Å². The van der Waals surface area contributed by atoms with Crippen molar-refractivity contribution in [1.82, 2.24) is 19.6 Å². The van der Waals surface area contributed by atoms with Crippen molar-refractivity contribution >= 4 is 27.5 Å². The molecule has 1 saturated heterocycles. The third-order valence-corrected chi connectivity index (χ3v) is 6.71. The van der Waals surface area contributed by atoms with Gasteiger partial charge < -0.3 is 9.64 Å². The Bertz CT molecular complexity index is 941. The molecule has 7 heteroatoms. The van der Waals surface area contributed by atoms with Gasteiger partial charge in [0.2, 0.25) is 0 Å². The van der Waals surface area contributed by atoms with Crippen molar-refractivity contribution in [2.75, 3.05) is 32.8 Å². The first-order valence-electron chi connectivity index (χ1n) is 10.1. The van der Waals surface area contributed by atoms with Gasteiger partial charge >= 0.3 is 0 Å². The lowest BCUT2D eigenvalue weighted by atomic mass is 10.1. The van der Waals surface area contributed by atoms with Crippen LogP contribution in [0.15, 0.2) is 36.4 Å². The van der Waals surface area contributed by atoms with Gasteiger partial charge in [-0.2, -0.15) is 5.10 Å². The number of aromatic nitrogens is 2. The van der Waals surface area contributed by atoms with Gasteiger partial charge in [-0.15, -0.1) is 11.3 Å². The number of carbonyl (C=O) groups is 1. The van der Waals surface area contributed by atoms with Crippen molar-refractivity contribution < 1.29 is 9.53 Å². The molecule has 3 aromatic rings. The Labute approximate surface area is 175 Å². The van der Waals surface area contributed by atoms with Gasteiger partial charge in [-0.25, -0.2) is 0 Å². The number of hydrogen-bond acceptors (Lipinski definition) is 5. The summed E-state index contributed by atoms with van der Waals surface area (Å²) in [7, 11) is 1.93. The number of carbonyl (C=O) groups excluding carboxylic acids is 1. The number of ether oxygens (including phenoxy) is 1. The molecule has 1 atom stereocenters. The van der Waals surface area contributed by atoms with Crippen LogP contribution in [0, 0.1) is 6.92 Å². The predicted molar refractivity (Wildman–Crippen MR) is 116 cm³/mol. The van der Waals surface area contributed by atoms with E-state index in [0.29, 0.717) is 6.54 Å². The first kappa shape index (κ1) is 20.1. The molecule has 2 aromatic heterocycles. The monoisotopic (exact) mass is 412 g/mol. The lowest BCUT2D eigenvalue weighted by Gasteiger charge is -2.35. The molecular formula is C22H28N4O2S. The summed E-state index contributed by atoms with van der Waals surface area (Å²) < 4.78 is 7.34. The van der Waals surface area contributed by atoms with Crippen molar-refractivity contribution in [3.63, 3.8) is 0 Å².